The standard InChI is InChI=1S/C34H39N7O3/c1-43-27-14-13-26(31(20-27)44-2)23-41-32(15-12-24-8-4-3-5-9-24)38-39-34(41)40-19-18-35-22-30(40)33(42)36-17-16-25-21-37-29-11-7-6-10-28(25)29/h3-11,13-14,20-21,30,35,37H,12,15-19,22-23H2,1-2H3,(H,36,42)/t30-/m1/s1. The van der Waals surface area contributed by atoms with Crippen molar-refractivity contribution >= 4 is 22.8 Å². The van der Waals surface area contributed by atoms with Crippen molar-refractivity contribution in [2.45, 2.75) is 31.8 Å². The Labute approximate surface area is 257 Å². The van der Waals surface area contributed by atoms with Crippen LogP contribution in [0.25, 0.3) is 10.9 Å². The van der Waals surface area contributed by atoms with Crippen LogP contribution in [0.3, 0.4) is 0 Å². The number of para-hydroxylation sites is 1. The van der Waals surface area contributed by atoms with E-state index in [1.165, 1.54) is 16.5 Å². The molecule has 3 heterocycles. The number of ether oxygens (including phenoxy) is 2. The van der Waals surface area contributed by atoms with Gasteiger partial charge in [-0.25, -0.2) is 0 Å². The van der Waals surface area contributed by atoms with Crippen molar-refractivity contribution < 1.29 is 14.3 Å². The van der Waals surface area contributed by atoms with E-state index in [1.54, 1.807) is 14.2 Å². The Hall–Kier alpha value is -4.83. The Morgan fingerprint density at radius 2 is 1.80 bits per heavy atom. The van der Waals surface area contributed by atoms with Crippen molar-refractivity contribution in [3.05, 3.63) is 102 Å². The van der Waals surface area contributed by atoms with Crippen LogP contribution in [0.15, 0.2) is 79.0 Å². The minimum absolute atomic E-state index is 0.0283. The fraction of sp³-hybridized carbons (Fsp3) is 0.324. The predicted octanol–water partition coefficient (Wildman–Crippen LogP) is 3.75. The molecule has 1 saturated heterocycles. The second-order valence-corrected chi connectivity index (χ2v) is 11.0. The molecule has 0 saturated carbocycles. The largest absolute Gasteiger partial charge is 0.497 e. The van der Waals surface area contributed by atoms with Crippen LogP contribution in [-0.2, 0) is 30.6 Å². The van der Waals surface area contributed by atoms with Crippen LogP contribution < -0.4 is 25.0 Å². The van der Waals surface area contributed by atoms with E-state index in [4.69, 9.17) is 9.47 Å². The first-order valence-corrected chi connectivity index (χ1v) is 15.1. The lowest BCUT2D eigenvalue weighted by molar-refractivity contribution is -0.122. The summed E-state index contributed by atoms with van der Waals surface area (Å²) in [5.41, 5.74) is 4.51. The van der Waals surface area contributed by atoms with Crippen LogP contribution in [0.1, 0.15) is 22.5 Å². The smallest absolute Gasteiger partial charge is 0.244 e. The average Bonchev–Trinajstić information content (AvgIpc) is 3.68. The summed E-state index contributed by atoms with van der Waals surface area (Å²) >= 11 is 0. The minimum atomic E-state index is -0.422. The third kappa shape index (κ3) is 6.40. The molecule has 10 heteroatoms. The highest BCUT2D eigenvalue weighted by atomic mass is 16.5. The maximum Gasteiger partial charge on any atom is 0.244 e. The van der Waals surface area contributed by atoms with E-state index in [0.29, 0.717) is 38.5 Å². The van der Waals surface area contributed by atoms with Gasteiger partial charge in [-0.05, 0) is 42.2 Å². The van der Waals surface area contributed by atoms with Crippen molar-refractivity contribution in [3.63, 3.8) is 0 Å². The Bertz CT molecular complexity index is 1700. The third-order valence-corrected chi connectivity index (χ3v) is 8.28. The molecule has 2 aromatic heterocycles. The number of aromatic nitrogens is 4. The molecule has 0 radical (unpaired) electrons. The minimum Gasteiger partial charge on any atom is -0.497 e. The topological polar surface area (TPSA) is 109 Å². The van der Waals surface area contributed by atoms with Crippen LogP contribution in [0.5, 0.6) is 11.5 Å². The summed E-state index contributed by atoms with van der Waals surface area (Å²) < 4.78 is 13.3. The number of aryl methyl sites for hydroxylation is 2. The van der Waals surface area contributed by atoms with Gasteiger partial charge >= 0.3 is 0 Å². The van der Waals surface area contributed by atoms with Gasteiger partial charge in [0.25, 0.3) is 0 Å². The maximum atomic E-state index is 13.6. The van der Waals surface area contributed by atoms with Crippen LogP contribution in [0, 0.1) is 0 Å². The van der Waals surface area contributed by atoms with Gasteiger partial charge in [-0.15, -0.1) is 10.2 Å². The van der Waals surface area contributed by atoms with E-state index < -0.39 is 6.04 Å². The third-order valence-electron chi connectivity index (χ3n) is 8.28. The molecule has 0 bridgehead atoms. The lowest BCUT2D eigenvalue weighted by Crippen LogP contribution is -2.59. The summed E-state index contributed by atoms with van der Waals surface area (Å²) in [6.07, 6.45) is 4.31. The van der Waals surface area contributed by atoms with Gasteiger partial charge < -0.3 is 30.0 Å². The van der Waals surface area contributed by atoms with Gasteiger partial charge in [-0.2, -0.15) is 0 Å². The summed E-state index contributed by atoms with van der Waals surface area (Å²) in [4.78, 5) is 19.0. The molecule has 228 valence electrons. The normalized spacial score (nSPS) is 15.0. The molecule has 44 heavy (non-hydrogen) atoms. The van der Waals surface area contributed by atoms with Crippen molar-refractivity contribution in [2.24, 2.45) is 0 Å². The number of H-pyrrole nitrogens is 1. The summed E-state index contributed by atoms with van der Waals surface area (Å²) in [6.45, 7) is 2.95. The Morgan fingerprint density at radius 3 is 2.64 bits per heavy atom. The molecule has 1 fully saturated rings. The first-order chi connectivity index (χ1) is 21.6. The van der Waals surface area contributed by atoms with Gasteiger partial charge in [0.05, 0.1) is 20.8 Å². The van der Waals surface area contributed by atoms with Crippen molar-refractivity contribution in [1.82, 2.24) is 30.4 Å². The summed E-state index contributed by atoms with van der Waals surface area (Å²) in [6, 6.07) is 24.0. The Kier molecular flexibility index (Phi) is 9.07. The molecule has 0 unspecified atom stereocenters. The molecular formula is C34H39N7O3. The maximum absolute atomic E-state index is 13.6. The van der Waals surface area contributed by atoms with E-state index in [-0.39, 0.29) is 5.91 Å². The molecule has 10 nitrogen and oxygen atoms in total. The van der Waals surface area contributed by atoms with Gasteiger partial charge in [0.15, 0.2) is 0 Å². The highest BCUT2D eigenvalue weighted by Gasteiger charge is 2.32. The van der Waals surface area contributed by atoms with E-state index in [2.05, 4.69) is 71.7 Å². The van der Waals surface area contributed by atoms with Crippen LogP contribution >= 0.6 is 0 Å². The molecule has 3 N–H and O–H groups in total. The second kappa shape index (κ2) is 13.6. The number of nitrogens with one attached hydrogen (secondary N) is 3. The summed E-state index contributed by atoms with van der Waals surface area (Å²) in [5, 5.41) is 17.1. The van der Waals surface area contributed by atoms with Gasteiger partial charge in [-0.3, -0.25) is 9.36 Å². The van der Waals surface area contributed by atoms with Crippen LogP contribution in [0.2, 0.25) is 0 Å². The molecule has 1 aliphatic heterocycles. The number of anilines is 1. The number of carbonyl (C=O) groups excluding carboxylic acids is 1. The number of benzene rings is 3. The number of carbonyl (C=O) groups is 1. The van der Waals surface area contributed by atoms with E-state index in [9.17, 15) is 4.79 Å². The second-order valence-electron chi connectivity index (χ2n) is 11.0. The van der Waals surface area contributed by atoms with E-state index >= 15 is 0 Å². The number of amides is 1. The number of nitrogens with zero attached hydrogens (tertiary/aromatic N) is 4. The fourth-order valence-electron chi connectivity index (χ4n) is 5.89. The van der Waals surface area contributed by atoms with E-state index in [0.717, 1.165) is 47.8 Å². The van der Waals surface area contributed by atoms with Gasteiger partial charge in [0.2, 0.25) is 11.9 Å². The molecule has 5 aromatic rings. The molecular weight excluding hydrogens is 554 g/mol. The summed E-state index contributed by atoms with van der Waals surface area (Å²) in [7, 11) is 3.30. The lowest BCUT2D eigenvalue weighted by Gasteiger charge is -2.36. The van der Waals surface area contributed by atoms with E-state index in [1.807, 2.05) is 42.6 Å². The predicted molar refractivity (Wildman–Crippen MR) is 172 cm³/mol. The molecule has 3 aromatic carbocycles. The fourth-order valence-corrected chi connectivity index (χ4v) is 5.89. The lowest BCUT2D eigenvalue weighted by atomic mass is 10.1. The van der Waals surface area contributed by atoms with Gasteiger partial charge in [0, 0.05) is 61.3 Å². The highest BCUT2D eigenvalue weighted by molar-refractivity contribution is 5.86. The number of piperazine rings is 1. The first kappa shape index (κ1) is 29.3. The number of hydrogen-bond acceptors (Lipinski definition) is 7. The Balaban J connectivity index is 1.24. The number of methoxy groups -OCH3 is 2. The molecule has 1 aliphatic rings. The summed E-state index contributed by atoms with van der Waals surface area (Å²) in [5.74, 6) is 2.97. The molecule has 1 amide bonds. The molecule has 6 rings (SSSR count). The molecule has 0 spiro atoms. The highest BCUT2D eigenvalue weighted by Crippen LogP contribution is 2.28. The zero-order valence-electron chi connectivity index (χ0n) is 25.3. The van der Waals surface area contributed by atoms with Gasteiger partial charge in [0.1, 0.15) is 23.4 Å². The van der Waals surface area contributed by atoms with Crippen LogP contribution in [-0.4, -0.2) is 72.1 Å². The van der Waals surface area contributed by atoms with Crippen molar-refractivity contribution in [2.75, 3.05) is 45.3 Å². The van der Waals surface area contributed by atoms with Crippen LogP contribution in [0.4, 0.5) is 5.95 Å². The van der Waals surface area contributed by atoms with Crippen molar-refractivity contribution in [3.8, 4) is 11.5 Å². The zero-order chi connectivity index (χ0) is 30.3. The quantitative estimate of drug-likeness (QED) is 0.202. The monoisotopic (exact) mass is 593 g/mol. The average molecular weight is 594 g/mol. The Morgan fingerprint density at radius 1 is 0.955 bits per heavy atom. The zero-order valence-corrected chi connectivity index (χ0v) is 25.3. The van der Waals surface area contributed by atoms with Gasteiger partial charge in [-0.1, -0.05) is 48.5 Å². The SMILES string of the molecule is COc1ccc(Cn2c(CCc3ccccc3)nnc2N2CCNC[C@@H]2C(=O)NCCc2c[nH]c3ccccc23)c(OC)c1. The molecule has 0 aliphatic carbocycles. The number of hydrogen-bond donors (Lipinski definition) is 3. The first-order valence-electron chi connectivity index (χ1n) is 15.1. The molecule has 1 atom stereocenters. The number of aromatic amines is 1. The van der Waals surface area contributed by atoms with Crippen molar-refractivity contribution in [1.29, 1.82) is 0 Å². The number of rotatable bonds is 12. The number of fused-ring (bicyclic) bond motifs is 1.